The lowest BCUT2D eigenvalue weighted by atomic mass is 10.3. The first-order valence-corrected chi connectivity index (χ1v) is 4.87. The first-order chi connectivity index (χ1) is 6.72. The summed E-state index contributed by atoms with van der Waals surface area (Å²) in [5.41, 5.74) is 0. The molecule has 0 aromatic carbocycles. The van der Waals surface area contributed by atoms with Crippen molar-refractivity contribution in [2.75, 3.05) is 26.7 Å². The van der Waals surface area contributed by atoms with Crippen LogP contribution in [0.5, 0.6) is 0 Å². The quantitative estimate of drug-likeness (QED) is 0.438. The van der Waals surface area contributed by atoms with E-state index in [0.717, 1.165) is 13.0 Å². The van der Waals surface area contributed by atoms with E-state index >= 15 is 0 Å². The van der Waals surface area contributed by atoms with Crippen LogP contribution in [-0.4, -0.2) is 38.8 Å². The summed E-state index contributed by atoms with van der Waals surface area (Å²) in [5.74, 6) is -0.0655. The molecule has 0 aliphatic rings. The summed E-state index contributed by atoms with van der Waals surface area (Å²) in [6.45, 7) is 7.27. The van der Waals surface area contributed by atoms with Gasteiger partial charge in [0.2, 0.25) is 5.91 Å². The van der Waals surface area contributed by atoms with Crippen LogP contribution in [0, 0.1) is 0 Å². The van der Waals surface area contributed by atoms with E-state index < -0.39 is 0 Å². The van der Waals surface area contributed by atoms with Crippen LogP contribution >= 0.6 is 0 Å². The number of hydrogen-bond acceptors (Lipinski definition) is 3. The minimum Gasteiger partial charge on any atom is -0.368 e. The zero-order valence-electron chi connectivity index (χ0n) is 9.01. The van der Waals surface area contributed by atoms with E-state index in [9.17, 15) is 4.79 Å². The standard InChI is InChI=1S/C10H20N2O2/c1-4-5-8-14-9(2)10(13)12-7-6-11-3/h4,9,11H,1,5-8H2,2-3H3,(H,12,13). The van der Waals surface area contributed by atoms with Gasteiger partial charge in [0.1, 0.15) is 6.10 Å². The minimum atomic E-state index is -0.383. The van der Waals surface area contributed by atoms with Gasteiger partial charge in [-0.05, 0) is 20.4 Å². The Morgan fingerprint density at radius 1 is 1.57 bits per heavy atom. The molecule has 0 heterocycles. The van der Waals surface area contributed by atoms with Crippen LogP contribution in [0.25, 0.3) is 0 Å². The normalized spacial score (nSPS) is 12.1. The number of carbonyl (C=O) groups is 1. The molecule has 0 rings (SSSR count). The summed E-state index contributed by atoms with van der Waals surface area (Å²) >= 11 is 0. The van der Waals surface area contributed by atoms with E-state index in [0.29, 0.717) is 13.2 Å². The Labute approximate surface area is 85.7 Å². The van der Waals surface area contributed by atoms with E-state index in [1.165, 1.54) is 0 Å². The average molecular weight is 200 g/mol. The van der Waals surface area contributed by atoms with Crippen molar-refractivity contribution in [1.82, 2.24) is 10.6 Å². The first-order valence-electron chi connectivity index (χ1n) is 4.87. The van der Waals surface area contributed by atoms with Crippen LogP contribution in [0.15, 0.2) is 12.7 Å². The zero-order valence-corrected chi connectivity index (χ0v) is 9.01. The second-order valence-electron chi connectivity index (χ2n) is 2.98. The molecule has 0 saturated heterocycles. The van der Waals surface area contributed by atoms with Crippen molar-refractivity contribution < 1.29 is 9.53 Å². The summed E-state index contributed by atoms with van der Waals surface area (Å²) < 4.78 is 5.27. The van der Waals surface area contributed by atoms with Crippen molar-refractivity contribution in [3.63, 3.8) is 0 Å². The summed E-state index contributed by atoms with van der Waals surface area (Å²) in [4.78, 5) is 11.3. The van der Waals surface area contributed by atoms with Gasteiger partial charge in [0.25, 0.3) is 0 Å². The summed E-state index contributed by atoms with van der Waals surface area (Å²) in [5, 5.41) is 5.70. The molecule has 0 saturated carbocycles. The number of likely N-dealkylation sites (N-methyl/N-ethyl adjacent to an activating group) is 1. The summed E-state index contributed by atoms with van der Waals surface area (Å²) in [7, 11) is 1.84. The second kappa shape index (κ2) is 8.72. The van der Waals surface area contributed by atoms with E-state index in [4.69, 9.17) is 4.74 Å². The largest absolute Gasteiger partial charge is 0.368 e. The van der Waals surface area contributed by atoms with Gasteiger partial charge in [-0.15, -0.1) is 6.58 Å². The van der Waals surface area contributed by atoms with Gasteiger partial charge in [-0.2, -0.15) is 0 Å². The van der Waals surface area contributed by atoms with Gasteiger partial charge < -0.3 is 15.4 Å². The zero-order chi connectivity index (χ0) is 10.8. The Bertz CT molecular complexity index is 172. The minimum absolute atomic E-state index is 0.0655. The van der Waals surface area contributed by atoms with Crippen molar-refractivity contribution in [2.24, 2.45) is 0 Å². The van der Waals surface area contributed by atoms with Crippen molar-refractivity contribution in [3.8, 4) is 0 Å². The highest BCUT2D eigenvalue weighted by molar-refractivity contribution is 5.80. The molecule has 0 aliphatic carbocycles. The number of ether oxygens (including phenoxy) is 1. The molecule has 4 heteroatoms. The Kier molecular flexibility index (Phi) is 8.17. The third-order valence-electron chi connectivity index (χ3n) is 1.73. The van der Waals surface area contributed by atoms with E-state index in [1.807, 2.05) is 7.05 Å². The molecule has 1 amide bonds. The Balaban J connectivity index is 3.49. The number of hydrogen-bond donors (Lipinski definition) is 2. The molecule has 0 fully saturated rings. The topological polar surface area (TPSA) is 50.4 Å². The number of carbonyl (C=O) groups excluding carboxylic acids is 1. The predicted octanol–water partition coefficient (Wildman–Crippen LogP) is 0.303. The van der Waals surface area contributed by atoms with Gasteiger partial charge in [0.05, 0.1) is 6.61 Å². The summed E-state index contributed by atoms with van der Waals surface area (Å²) in [6.07, 6.45) is 2.16. The molecule has 0 radical (unpaired) electrons. The van der Waals surface area contributed by atoms with Crippen molar-refractivity contribution in [3.05, 3.63) is 12.7 Å². The van der Waals surface area contributed by atoms with Gasteiger partial charge in [-0.1, -0.05) is 6.08 Å². The highest BCUT2D eigenvalue weighted by Gasteiger charge is 2.11. The molecule has 1 atom stereocenters. The predicted molar refractivity (Wildman–Crippen MR) is 57.2 cm³/mol. The van der Waals surface area contributed by atoms with Crippen LogP contribution in [-0.2, 0) is 9.53 Å². The van der Waals surface area contributed by atoms with Gasteiger partial charge in [-0.25, -0.2) is 0 Å². The number of nitrogens with one attached hydrogen (secondary N) is 2. The van der Waals surface area contributed by atoms with Crippen LogP contribution < -0.4 is 10.6 Å². The molecular weight excluding hydrogens is 180 g/mol. The molecule has 82 valence electrons. The van der Waals surface area contributed by atoms with Gasteiger partial charge >= 0.3 is 0 Å². The molecule has 0 aromatic rings. The average Bonchev–Trinajstić information content (AvgIpc) is 2.18. The first kappa shape index (κ1) is 13.1. The third-order valence-corrected chi connectivity index (χ3v) is 1.73. The fourth-order valence-electron chi connectivity index (χ4n) is 0.858. The lowest BCUT2D eigenvalue weighted by molar-refractivity contribution is -0.131. The Hall–Kier alpha value is -0.870. The van der Waals surface area contributed by atoms with Gasteiger partial charge in [0, 0.05) is 13.1 Å². The lowest BCUT2D eigenvalue weighted by Crippen LogP contribution is -2.38. The molecule has 14 heavy (non-hydrogen) atoms. The Morgan fingerprint density at radius 3 is 2.86 bits per heavy atom. The van der Waals surface area contributed by atoms with E-state index in [2.05, 4.69) is 17.2 Å². The fraction of sp³-hybridized carbons (Fsp3) is 0.700. The molecule has 0 aliphatic heterocycles. The molecule has 0 bridgehead atoms. The highest BCUT2D eigenvalue weighted by Crippen LogP contribution is 1.92. The van der Waals surface area contributed by atoms with E-state index in [-0.39, 0.29) is 12.0 Å². The van der Waals surface area contributed by atoms with Crippen LogP contribution in [0.2, 0.25) is 0 Å². The molecule has 1 unspecified atom stereocenters. The van der Waals surface area contributed by atoms with Gasteiger partial charge in [-0.3, -0.25) is 4.79 Å². The number of amides is 1. The third kappa shape index (κ3) is 6.62. The van der Waals surface area contributed by atoms with Crippen LogP contribution in [0.3, 0.4) is 0 Å². The maximum absolute atomic E-state index is 11.3. The fourth-order valence-corrected chi connectivity index (χ4v) is 0.858. The maximum atomic E-state index is 11.3. The van der Waals surface area contributed by atoms with Crippen molar-refractivity contribution >= 4 is 5.91 Å². The lowest BCUT2D eigenvalue weighted by Gasteiger charge is -2.12. The van der Waals surface area contributed by atoms with Crippen LogP contribution in [0.1, 0.15) is 13.3 Å². The molecule has 2 N–H and O–H groups in total. The van der Waals surface area contributed by atoms with Crippen molar-refractivity contribution in [1.29, 1.82) is 0 Å². The maximum Gasteiger partial charge on any atom is 0.248 e. The van der Waals surface area contributed by atoms with E-state index in [1.54, 1.807) is 13.0 Å². The smallest absolute Gasteiger partial charge is 0.248 e. The highest BCUT2D eigenvalue weighted by atomic mass is 16.5. The van der Waals surface area contributed by atoms with Crippen LogP contribution in [0.4, 0.5) is 0 Å². The second-order valence-corrected chi connectivity index (χ2v) is 2.98. The molecule has 0 aromatic heterocycles. The summed E-state index contributed by atoms with van der Waals surface area (Å²) in [6, 6.07) is 0. The SMILES string of the molecule is C=CCCOC(C)C(=O)NCCNC. The monoisotopic (exact) mass is 200 g/mol. The molecular formula is C10H20N2O2. The van der Waals surface area contributed by atoms with Crippen molar-refractivity contribution in [2.45, 2.75) is 19.4 Å². The molecule has 4 nitrogen and oxygen atoms in total. The van der Waals surface area contributed by atoms with Gasteiger partial charge in [0.15, 0.2) is 0 Å². The molecule has 0 spiro atoms. The number of rotatable bonds is 8. The Morgan fingerprint density at radius 2 is 2.29 bits per heavy atom.